The quantitative estimate of drug-likeness (QED) is 0.275. The van der Waals surface area contributed by atoms with Gasteiger partial charge in [0.05, 0.1) is 12.3 Å². The molecule has 0 aliphatic rings. The zero-order valence-corrected chi connectivity index (χ0v) is 20.0. The largest absolute Gasteiger partial charge is 0.493 e. The van der Waals surface area contributed by atoms with E-state index in [1.807, 2.05) is 60.8 Å². The Balaban J connectivity index is 1.31. The topological polar surface area (TPSA) is 60.5 Å². The van der Waals surface area contributed by atoms with Crippen LogP contribution >= 0.6 is 11.3 Å². The van der Waals surface area contributed by atoms with Crippen LogP contribution in [0.2, 0.25) is 0 Å². The second-order valence-corrected chi connectivity index (χ2v) is 8.49. The van der Waals surface area contributed by atoms with Gasteiger partial charge in [-0.15, -0.1) is 11.3 Å². The molecule has 0 bridgehead atoms. The van der Waals surface area contributed by atoms with Gasteiger partial charge in [0.15, 0.2) is 5.13 Å². The van der Waals surface area contributed by atoms with Crippen LogP contribution in [-0.4, -0.2) is 17.5 Å². The lowest BCUT2D eigenvalue weighted by atomic mass is 10.1. The molecule has 4 aromatic rings. The average molecular weight is 471 g/mol. The van der Waals surface area contributed by atoms with Gasteiger partial charge in [0.2, 0.25) is 5.91 Å². The highest BCUT2D eigenvalue weighted by Gasteiger charge is 2.10. The number of carbonyl (C=O) groups is 1. The van der Waals surface area contributed by atoms with Crippen molar-refractivity contribution in [3.63, 3.8) is 0 Å². The van der Waals surface area contributed by atoms with Crippen molar-refractivity contribution >= 4 is 28.5 Å². The molecule has 1 N–H and O–H groups in total. The highest BCUT2D eigenvalue weighted by molar-refractivity contribution is 7.14. The van der Waals surface area contributed by atoms with Crippen molar-refractivity contribution in [3.8, 4) is 22.8 Å². The van der Waals surface area contributed by atoms with E-state index in [0.29, 0.717) is 18.3 Å². The monoisotopic (exact) mass is 470 g/mol. The number of anilines is 1. The maximum Gasteiger partial charge on any atom is 0.250 e. The SMILES string of the molecule is CCOc1ccccc1-c1csc(NC(=O)/C=C/c2ccc(OCc3ccc(C)cc3)cc2)n1. The van der Waals surface area contributed by atoms with E-state index < -0.39 is 0 Å². The first kappa shape index (κ1) is 23.3. The highest BCUT2D eigenvalue weighted by Crippen LogP contribution is 2.32. The Bertz CT molecular complexity index is 1260. The summed E-state index contributed by atoms with van der Waals surface area (Å²) in [5.41, 5.74) is 4.93. The molecule has 5 nitrogen and oxygen atoms in total. The fourth-order valence-electron chi connectivity index (χ4n) is 3.26. The normalized spacial score (nSPS) is 10.9. The molecule has 172 valence electrons. The zero-order chi connectivity index (χ0) is 23.8. The molecule has 0 radical (unpaired) electrons. The predicted molar refractivity (Wildman–Crippen MR) is 138 cm³/mol. The number of nitrogens with one attached hydrogen (secondary N) is 1. The van der Waals surface area contributed by atoms with Crippen LogP contribution in [-0.2, 0) is 11.4 Å². The molecular weight excluding hydrogens is 444 g/mol. The summed E-state index contributed by atoms with van der Waals surface area (Å²) in [7, 11) is 0. The summed E-state index contributed by atoms with van der Waals surface area (Å²) in [6.45, 7) is 5.11. The molecule has 0 atom stereocenters. The van der Waals surface area contributed by atoms with E-state index in [1.165, 1.54) is 23.0 Å². The van der Waals surface area contributed by atoms with E-state index in [9.17, 15) is 4.79 Å². The fourth-order valence-corrected chi connectivity index (χ4v) is 3.97. The van der Waals surface area contributed by atoms with Crippen molar-refractivity contribution in [1.29, 1.82) is 0 Å². The van der Waals surface area contributed by atoms with Crippen LogP contribution in [0.3, 0.4) is 0 Å². The zero-order valence-electron chi connectivity index (χ0n) is 19.2. The summed E-state index contributed by atoms with van der Waals surface area (Å²) in [4.78, 5) is 16.9. The van der Waals surface area contributed by atoms with Gasteiger partial charge < -0.3 is 9.47 Å². The smallest absolute Gasteiger partial charge is 0.250 e. The molecule has 34 heavy (non-hydrogen) atoms. The molecule has 0 saturated heterocycles. The van der Waals surface area contributed by atoms with E-state index >= 15 is 0 Å². The van der Waals surface area contributed by atoms with E-state index in [0.717, 1.165) is 33.9 Å². The number of amides is 1. The number of rotatable bonds is 9. The summed E-state index contributed by atoms with van der Waals surface area (Å²) in [6, 6.07) is 23.6. The molecule has 0 spiro atoms. The number of nitrogens with zero attached hydrogens (tertiary/aromatic N) is 1. The van der Waals surface area contributed by atoms with Gasteiger partial charge in [0, 0.05) is 17.0 Å². The second-order valence-electron chi connectivity index (χ2n) is 7.63. The summed E-state index contributed by atoms with van der Waals surface area (Å²) in [6.07, 6.45) is 3.26. The van der Waals surface area contributed by atoms with Gasteiger partial charge >= 0.3 is 0 Å². The van der Waals surface area contributed by atoms with Crippen molar-refractivity contribution < 1.29 is 14.3 Å². The van der Waals surface area contributed by atoms with Gasteiger partial charge in [-0.2, -0.15) is 0 Å². The Hall–Kier alpha value is -3.90. The third kappa shape index (κ3) is 6.33. The van der Waals surface area contributed by atoms with E-state index in [4.69, 9.17) is 9.47 Å². The molecule has 3 aromatic carbocycles. The Morgan fingerprint density at radius 3 is 2.53 bits per heavy atom. The van der Waals surface area contributed by atoms with Gasteiger partial charge in [-0.1, -0.05) is 54.1 Å². The Morgan fingerprint density at radius 2 is 1.76 bits per heavy atom. The lowest BCUT2D eigenvalue weighted by Crippen LogP contribution is -2.07. The number of aryl methyl sites for hydroxylation is 1. The van der Waals surface area contributed by atoms with Crippen LogP contribution in [0.4, 0.5) is 5.13 Å². The molecule has 0 aliphatic carbocycles. The predicted octanol–water partition coefficient (Wildman–Crippen LogP) is 6.75. The molecule has 0 aliphatic heterocycles. The van der Waals surface area contributed by atoms with Crippen LogP contribution in [0.1, 0.15) is 23.6 Å². The molecule has 1 heterocycles. The maximum absolute atomic E-state index is 12.4. The van der Waals surface area contributed by atoms with Crippen LogP contribution in [0, 0.1) is 6.92 Å². The van der Waals surface area contributed by atoms with Gasteiger partial charge in [0.1, 0.15) is 18.1 Å². The molecule has 4 rings (SSSR count). The number of benzene rings is 3. The Kier molecular flexibility index (Phi) is 7.73. The van der Waals surface area contributed by atoms with Crippen LogP contribution < -0.4 is 14.8 Å². The van der Waals surface area contributed by atoms with E-state index in [1.54, 1.807) is 6.08 Å². The van der Waals surface area contributed by atoms with Gasteiger partial charge in [-0.25, -0.2) is 4.98 Å². The lowest BCUT2D eigenvalue weighted by Gasteiger charge is -2.07. The van der Waals surface area contributed by atoms with Gasteiger partial charge in [-0.05, 0) is 55.3 Å². The van der Waals surface area contributed by atoms with Crippen LogP contribution in [0.5, 0.6) is 11.5 Å². The molecule has 0 unspecified atom stereocenters. The number of hydrogen-bond donors (Lipinski definition) is 1. The fraction of sp³-hybridized carbons (Fsp3) is 0.143. The lowest BCUT2D eigenvalue weighted by molar-refractivity contribution is -0.111. The summed E-state index contributed by atoms with van der Waals surface area (Å²) >= 11 is 1.38. The maximum atomic E-state index is 12.4. The number of para-hydroxylation sites is 1. The third-order valence-electron chi connectivity index (χ3n) is 5.03. The van der Waals surface area contributed by atoms with Crippen LogP contribution in [0.25, 0.3) is 17.3 Å². The Labute approximate surface area is 203 Å². The first-order valence-corrected chi connectivity index (χ1v) is 11.9. The minimum Gasteiger partial charge on any atom is -0.493 e. The first-order valence-electron chi connectivity index (χ1n) is 11.1. The molecule has 1 aromatic heterocycles. The number of carbonyl (C=O) groups excluding carboxylic acids is 1. The second kappa shape index (κ2) is 11.3. The van der Waals surface area contributed by atoms with E-state index in [2.05, 4.69) is 41.5 Å². The number of aromatic nitrogens is 1. The van der Waals surface area contributed by atoms with Gasteiger partial charge in [0.25, 0.3) is 0 Å². The molecule has 0 saturated carbocycles. The summed E-state index contributed by atoms with van der Waals surface area (Å²) < 4.78 is 11.5. The van der Waals surface area contributed by atoms with E-state index in [-0.39, 0.29) is 5.91 Å². The van der Waals surface area contributed by atoms with Crippen molar-refractivity contribution in [2.45, 2.75) is 20.5 Å². The van der Waals surface area contributed by atoms with Crippen molar-refractivity contribution in [1.82, 2.24) is 4.98 Å². The number of ether oxygens (including phenoxy) is 2. The van der Waals surface area contributed by atoms with Crippen LogP contribution in [0.15, 0.2) is 84.3 Å². The van der Waals surface area contributed by atoms with Crippen molar-refractivity contribution in [3.05, 3.63) is 101 Å². The molecular formula is C28H26N2O3S. The Morgan fingerprint density at radius 1 is 1.00 bits per heavy atom. The molecule has 0 fully saturated rings. The minimum absolute atomic E-state index is 0.237. The third-order valence-corrected chi connectivity index (χ3v) is 5.79. The first-order chi connectivity index (χ1) is 16.6. The highest BCUT2D eigenvalue weighted by atomic mass is 32.1. The summed E-state index contributed by atoms with van der Waals surface area (Å²) in [5.74, 6) is 1.32. The standard InChI is InChI=1S/C28H26N2O3S/c1-3-32-26-7-5-4-6-24(26)25-19-34-28(29-25)30-27(31)17-14-21-12-15-23(16-13-21)33-18-22-10-8-20(2)9-11-22/h4-17,19H,3,18H2,1-2H3,(H,29,30,31)/b17-14+. The van der Waals surface area contributed by atoms with Crippen molar-refractivity contribution in [2.24, 2.45) is 0 Å². The number of thiazole rings is 1. The molecule has 6 heteroatoms. The number of hydrogen-bond acceptors (Lipinski definition) is 5. The van der Waals surface area contributed by atoms with Gasteiger partial charge in [-0.3, -0.25) is 10.1 Å². The average Bonchev–Trinajstić information content (AvgIpc) is 3.32. The summed E-state index contributed by atoms with van der Waals surface area (Å²) in [5, 5.41) is 5.27. The molecule has 1 amide bonds. The van der Waals surface area contributed by atoms with Crippen molar-refractivity contribution in [2.75, 3.05) is 11.9 Å². The minimum atomic E-state index is -0.237.